The third kappa shape index (κ3) is 6.24. The predicted molar refractivity (Wildman–Crippen MR) is 118 cm³/mol. The number of methoxy groups -OCH3 is 1. The highest BCUT2D eigenvalue weighted by molar-refractivity contribution is 6.00. The number of para-hydroxylation sites is 1. The predicted octanol–water partition coefficient (Wildman–Crippen LogP) is 4.25. The molecule has 0 aliphatic carbocycles. The molecule has 0 aliphatic heterocycles. The summed E-state index contributed by atoms with van der Waals surface area (Å²) in [6.07, 6.45) is 0. The Bertz CT molecular complexity index is 1020. The number of ether oxygens (including phenoxy) is 3. The number of hydrogen-bond acceptors (Lipinski definition) is 5. The first-order chi connectivity index (χ1) is 15.1. The Morgan fingerprint density at radius 3 is 2.10 bits per heavy atom. The van der Waals surface area contributed by atoms with Crippen LogP contribution in [0.5, 0.6) is 23.0 Å². The second-order valence-electron chi connectivity index (χ2n) is 6.46. The van der Waals surface area contributed by atoms with Crippen molar-refractivity contribution in [2.75, 3.05) is 25.6 Å². The lowest BCUT2D eigenvalue weighted by Gasteiger charge is -2.10. The van der Waals surface area contributed by atoms with Crippen LogP contribution in [0.4, 0.5) is 5.69 Å². The Hall–Kier alpha value is -4.00. The van der Waals surface area contributed by atoms with Crippen molar-refractivity contribution in [3.8, 4) is 23.0 Å². The number of benzene rings is 3. The monoisotopic (exact) mass is 420 g/mol. The van der Waals surface area contributed by atoms with Crippen molar-refractivity contribution in [1.82, 2.24) is 5.32 Å². The van der Waals surface area contributed by atoms with Gasteiger partial charge in [0.25, 0.3) is 5.91 Å². The summed E-state index contributed by atoms with van der Waals surface area (Å²) in [6.45, 7) is 2.37. The van der Waals surface area contributed by atoms with Crippen LogP contribution < -0.4 is 24.8 Å². The van der Waals surface area contributed by atoms with Gasteiger partial charge in [0.15, 0.2) is 0 Å². The smallest absolute Gasteiger partial charge is 0.255 e. The summed E-state index contributed by atoms with van der Waals surface area (Å²) >= 11 is 0. The van der Waals surface area contributed by atoms with E-state index >= 15 is 0 Å². The Labute approximate surface area is 180 Å². The second kappa shape index (κ2) is 10.7. The molecule has 31 heavy (non-hydrogen) atoms. The maximum Gasteiger partial charge on any atom is 0.255 e. The molecule has 3 aromatic rings. The molecule has 0 fully saturated rings. The lowest BCUT2D eigenvalue weighted by Crippen LogP contribution is -2.33. The summed E-state index contributed by atoms with van der Waals surface area (Å²) in [5, 5.41) is 5.32. The maximum absolute atomic E-state index is 12.3. The van der Waals surface area contributed by atoms with Gasteiger partial charge in [0.1, 0.15) is 23.0 Å². The van der Waals surface area contributed by atoms with Gasteiger partial charge >= 0.3 is 0 Å². The van der Waals surface area contributed by atoms with Crippen molar-refractivity contribution in [3.05, 3.63) is 78.4 Å². The van der Waals surface area contributed by atoms with Gasteiger partial charge in [-0.25, -0.2) is 0 Å². The zero-order valence-corrected chi connectivity index (χ0v) is 17.4. The van der Waals surface area contributed by atoms with Crippen molar-refractivity contribution in [1.29, 1.82) is 0 Å². The molecule has 0 unspecified atom stereocenters. The van der Waals surface area contributed by atoms with Crippen molar-refractivity contribution in [3.63, 3.8) is 0 Å². The third-order valence-corrected chi connectivity index (χ3v) is 4.27. The van der Waals surface area contributed by atoms with Crippen LogP contribution in [0.1, 0.15) is 17.3 Å². The molecule has 0 bridgehead atoms. The van der Waals surface area contributed by atoms with Gasteiger partial charge in [-0.2, -0.15) is 0 Å². The van der Waals surface area contributed by atoms with Crippen molar-refractivity contribution in [2.45, 2.75) is 6.92 Å². The quantitative estimate of drug-likeness (QED) is 0.540. The highest BCUT2D eigenvalue weighted by Crippen LogP contribution is 2.25. The van der Waals surface area contributed by atoms with Crippen LogP contribution in [0.3, 0.4) is 0 Å². The molecule has 7 nitrogen and oxygen atoms in total. The molecule has 3 aromatic carbocycles. The molecule has 3 rings (SSSR count). The average molecular weight is 420 g/mol. The lowest BCUT2D eigenvalue weighted by atomic mass is 10.2. The van der Waals surface area contributed by atoms with Crippen molar-refractivity contribution >= 4 is 17.5 Å². The minimum atomic E-state index is -0.383. The Balaban J connectivity index is 1.50. The van der Waals surface area contributed by atoms with Gasteiger partial charge in [-0.15, -0.1) is 0 Å². The first kappa shape index (κ1) is 21.7. The molecular weight excluding hydrogens is 396 g/mol. The highest BCUT2D eigenvalue weighted by Gasteiger charge is 2.12. The van der Waals surface area contributed by atoms with E-state index in [4.69, 9.17) is 14.2 Å². The summed E-state index contributed by atoms with van der Waals surface area (Å²) in [7, 11) is 1.49. The molecule has 0 spiro atoms. The lowest BCUT2D eigenvalue weighted by molar-refractivity contribution is -0.115. The second-order valence-corrected chi connectivity index (χ2v) is 6.46. The Morgan fingerprint density at radius 2 is 1.45 bits per heavy atom. The minimum Gasteiger partial charge on any atom is -0.496 e. The summed E-state index contributed by atoms with van der Waals surface area (Å²) in [4.78, 5) is 24.4. The molecule has 0 heterocycles. The highest BCUT2D eigenvalue weighted by atomic mass is 16.5. The van der Waals surface area contributed by atoms with E-state index in [9.17, 15) is 9.59 Å². The standard InChI is InChI=1S/C24H24N2O5/c1-3-30-18-12-14-20(15-13-18)31-19-10-8-17(9-11-19)26-23(27)16-25-24(28)21-6-4-5-7-22(21)29-2/h4-15H,3,16H2,1-2H3,(H,25,28)(H,26,27). The largest absolute Gasteiger partial charge is 0.496 e. The molecule has 160 valence electrons. The number of nitrogens with one attached hydrogen (secondary N) is 2. The first-order valence-electron chi connectivity index (χ1n) is 9.81. The number of carbonyl (C=O) groups is 2. The van der Waals surface area contributed by atoms with Crippen molar-refractivity contribution in [2.24, 2.45) is 0 Å². The molecule has 0 aromatic heterocycles. The van der Waals surface area contributed by atoms with Crippen LogP contribution in [-0.4, -0.2) is 32.1 Å². The van der Waals surface area contributed by atoms with Gasteiger partial charge in [0.05, 0.1) is 25.8 Å². The fraction of sp³-hybridized carbons (Fsp3) is 0.167. The molecule has 0 saturated carbocycles. The average Bonchev–Trinajstić information content (AvgIpc) is 2.80. The van der Waals surface area contributed by atoms with Gasteiger partial charge in [-0.05, 0) is 67.6 Å². The van der Waals surface area contributed by atoms with E-state index in [1.807, 2.05) is 31.2 Å². The van der Waals surface area contributed by atoms with E-state index in [2.05, 4.69) is 10.6 Å². The van der Waals surface area contributed by atoms with Crippen molar-refractivity contribution < 1.29 is 23.8 Å². The number of amides is 2. The molecule has 0 radical (unpaired) electrons. The molecule has 0 aliphatic rings. The fourth-order valence-corrected chi connectivity index (χ4v) is 2.81. The number of carbonyl (C=O) groups excluding carboxylic acids is 2. The zero-order chi connectivity index (χ0) is 22.1. The molecule has 7 heteroatoms. The first-order valence-corrected chi connectivity index (χ1v) is 9.81. The summed E-state index contributed by atoms with van der Waals surface area (Å²) in [5.74, 6) is 1.82. The van der Waals surface area contributed by atoms with Crippen LogP contribution in [0.2, 0.25) is 0 Å². The molecule has 2 N–H and O–H groups in total. The van der Waals surface area contributed by atoms with Crippen LogP contribution in [-0.2, 0) is 4.79 Å². The van der Waals surface area contributed by atoms with Crippen LogP contribution in [0, 0.1) is 0 Å². The summed E-state index contributed by atoms with van der Waals surface area (Å²) < 4.78 is 16.4. The minimum absolute atomic E-state index is 0.165. The van der Waals surface area contributed by atoms with E-state index in [0.717, 1.165) is 5.75 Å². The third-order valence-electron chi connectivity index (χ3n) is 4.27. The Kier molecular flexibility index (Phi) is 7.48. The molecular formula is C24H24N2O5. The van der Waals surface area contributed by atoms with E-state index in [1.54, 1.807) is 48.5 Å². The fourth-order valence-electron chi connectivity index (χ4n) is 2.81. The van der Waals surface area contributed by atoms with E-state index in [-0.39, 0.29) is 18.4 Å². The SMILES string of the molecule is CCOc1ccc(Oc2ccc(NC(=O)CNC(=O)c3ccccc3OC)cc2)cc1. The summed E-state index contributed by atoms with van der Waals surface area (Å²) in [5.41, 5.74) is 0.962. The molecule has 0 atom stereocenters. The molecule has 2 amide bonds. The topological polar surface area (TPSA) is 85.9 Å². The van der Waals surface area contributed by atoms with E-state index < -0.39 is 0 Å². The van der Waals surface area contributed by atoms with E-state index in [0.29, 0.717) is 35.1 Å². The zero-order valence-electron chi connectivity index (χ0n) is 17.4. The van der Waals surface area contributed by atoms with Gasteiger partial charge < -0.3 is 24.8 Å². The van der Waals surface area contributed by atoms with Gasteiger partial charge in [-0.1, -0.05) is 12.1 Å². The van der Waals surface area contributed by atoms with E-state index in [1.165, 1.54) is 7.11 Å². The number of rotatable bonds is 9. The van der Waals surface area contributed by atoms with Gasteiger partial charge in [0.2, 0.25) is 5.91 Å². The Morgan fingerprint density at radius 1 is 0.839 bits per heavy atom. The number of hydrogen-bond donors (Lipinski definition) is 2. The molecule has 0 saturated heterocycles. The number of anilines is 1. The van der Waals surface area contributed by atoms with Crippen LogP contribution in [0.15, 0.2) is 72.8 Å². The van der Waals surface area contributed by atoms with Crippen LogP contribution >= 0.6 is 0 Å². The van der Waals surface area contributed by atoms with Gasteiger partial charge in [0, 0.05) is 5.69 Å². The van der Waals surface area contributed by atoms with Gasteiger partial charge in [-0.3, -0.25) is 9.59 Å². The summed E-state index contributed by atoms with van der Waals surface area (Å²) in [6, 6.07) is 21.1. The normalized spacial score (nSPS) is 10.1. The van der Waals surface area contributed by atoms with Crippen LogP contribution in [0.25, 0.3) is 0 Å². The maximum atomic E-state index is 12.3.